The summed E-state index contributed by atoms with van der Waals surface area (Å²) in [4.78, 5) is 28.8. The van der Waals surface area contributed by atoms with Crippen LogP contribution < -0.4 is 14.4 Å². The first kappa shape index (κ1) is 34.1. The Kier molecular flexibility index (Phi) is 11.0. The Morgan fingerprint density at radius 3 is 2.33 bits per heavy atom. The summed E-state index contributed by atoms with van der Waals surface area (Å²) < 4.78 is 75.1. The Morgan fingerprint density at radius 1 is 1.02 bits per heavy atom. The van der Waals surface area contributed by atoms with Gasteiger partial charge in [0.25, 0.3) is 10.0 Å². The number of nitrogens with zero attached hydrogens (tertiary/aromatic N) is 2. The van der Waals surface area contributed by atoms with E-state index in [1.807, 2.05) is 0 Å². The van der Waals surface area contributed by atoms with E-state index in [0.717, 1.165) is 37.8 Å². The molecule has 0 bridgehead atoms. The number of methoxy groups -OCH3 is 1. The van der Waals surface area contributed by atoms with Gasteiger partial charge in [0.1, 0.15) is 18.3 Å². The smallest absolute Gasteiger partial charge is 0.416 e. The van der Waals surface area contributed by atoms with Crippen LogP contribution in [-0.4, -0.2) is 50.9 Å². The van der Waals surface area contributed by atoms with Crippen LogP contribution in [0, 0.1) is 0 Å². The van der Waals surface area contributed by atoms with Gasteiger partial charge in [-0.3, -0.25) is 13.9 Å². The molecule has 1 aliphatic carbocycles. The number of hydrogen-bond donors (Lipinski definition) is 1. The molecule has 0 heterocycles. The SMILES string of the molecule is CC[C@H](C(=O)NC1CCCC1)N(Cc1cccc(OC)c1)C(=O)CN(c1cc(C(F)(F)F)ccc1Cl)S(=O)(=O)c1ccccc1. The number of anilines is 1. The molecule has 45 heavy (non-hydrogen) atoms. The molecule has 4 rings (SSSR count). The first-order valence-corrected chi connectivity index (χ1v) is 16.3. The molecule has 1 saturated carbocycles. The highest BCUT2D eigenvalue weighted by molar-refractivity contribution is 7.92. The van der Waals surface area contributed by atoms with E-state index in [1.54, 1.807) is 37.3 Å². The molecule has 3 aromatic rings. The number of benzene rings is 3. The van der Waals surface area contributed by atoms with Crippen molar-refractivity contribution in [2.75, 3.05) is 18.0 Å². The number of amides is 2. The van der Waals surface area contributed by atoms with Crippen molar-refractivity contribution in [3.8, 4) is 5.75 Å². The van der Waals surface area contributed by atoms with Crippen molar-refractivity contribution in [1.29, 1.82) is 0 Å². The topological polar surface area (TPSA) is 96.0 Å². The summed E-state index contributed by atoms with van der Waals surface area (Å²) in [6.45, 7) is 0.713. The molecule has 13 heteroatoms. The van der Waals surface area contributed by atoms with E-state index in [4.69, 9.17) is 16.3 Å². The fourth-order valence-corrected chi connectivity index (χ4v) is 7.08. The molecule has 1 fully saturated rings. The highest BCUT2D eigenvalue weighted by Gasteiger charge is 2.37. The fourth-order valence-electron chi connectivity index (χ4n) is 5.37. The molecular weight excluding hydrogens is 631 g/mol. The lowest BCUT2D eigenvalue weighted by Gasteiger charge is -2.34. The normalized spacial score (nSPS) is 14.5. The molecule has 0 radical (unpaired) electrons. The maximum absolute atomic E-state index is 14.2. The van der Waals surface area contributed by atoms with Crippen LogP contribution in [0.1, 0.15) is 50.2 Å². The summed E-state index contributed by atoms with van der Waals surface area (Å²) in [5.74, 6) is -0.693. The third-order valence-electron chi connectivity index (χ3n) is 7.73. The van der Waals surface area contributed by atoms with Crippen molar-refractivity contribution in [2.24, 2.45) is 0 Å². The summed E-state index contributed by atoms with van der Waals surface area (Å²) in [5.41, 5.74) is -1.06. The maximum atomic E-state index is 14.2. The van der Waals surface area contributed by atoms with Crippen LogP contribution >= 0.6 is 11.6 Å². The van der Waals surface area contributed by atoms with Crippen molar-refractivity contribution in [1.82, 2.24) is 10.2 Å². The van der Waals surface area contributed by atoms with E-state index in [-0.39, 0.29) is 28.9 Å². The number of hydrogen-bond acceptors (Lipinski definition) is 5. The molecule has 8 nitrogen and oxygen atoms in total. The van der Waals surface area contributed by atoms with Gasteiger partial charge in [-0.1, -0.05) is 61.7 Å². The van der Waals surface area contributed by atoms with Gasteiger partial charge in [-0.15, -0.1) is 0 Å². The summed E-state index contributed by atoms with van der Waals surface area (Å²) in [7, 11) is -3.13. The van der Waals surface area contributed by atoms with E-state index in [9.17, 15) is 31.2 Å². The van der Waals surface area contributed by atoms with Crippen LogP contribution in [0.2, 0.25) is 5.02 Å². The molecule has 1 aliphatic rings. The third-order valence-corrected chi connectivity index (χ3v) is 9.82. The standard InChI is InChI=1S/C32H35ClF3N3O5S/c1-3-28(31(41)37-24-11-7-8-12-24)38(20-22-10-9-13-25(18-22)44-2)30(40)21-39(45(42,43)26-14-5-4-6-15-26)29-19-23(32(34,35)36)16-17-27(29)33/h4-6,9-10,13-19,24,28H,3,7-8,11-12,20-21H2,1-2H3,(H,37,41)/t28-/m1/s1. The quantitative estimate of drug-likeness (QED) is 0.241. The van der Waals surface area contributed by atoms with Crippen LogP contribution in [0.4, 0.5) is 18.9 Å². The first-order chi connectivity index (χ1) is 21.3. The number of nitrogens with one attached hydrogen (secondary N) is 1. The van der Waals surface area contributed by atoms with E-state index in [2.05, 4.69) is 5.32 Å². The lowest BCUT2D eigenvalue weighted by Crippen LogP contribution is -2.53. The van der Waals surface area contributed by atoms with Gasteiger partial charge in [0, 0.05) is 12.6 Å². The number of ether oxygens (including phenoxy) is 1. The van der Waals surface area contributed by atoms with Gasteiger partial charge >= 0.3 is 6.18 Å². The summed E-state index contributed by atoms with van der Waals surface area (Å²) >= 11 is 6.32. The van der Waals surface area contributed by atoms with Crippen LogP contribution in [-0.2, 0) is 32.3 Å². The van der Waals surface area contributed by atoms with Crippen molar-refractivity contribution in [2.45, 2.75) is 68.7 Å². The van der Waals surface area contributed by atoms with Gasteiger partial charge in [-0.2, -0.15) is 13.2 Å². The molecule has 0 aromatic heterocycles. The first-order valence-electron chi connectivity index (χ1n) is 14.5. The molecule has 0 aliphatic heterocycles. The zero-order valence-electron chi connectivity index (χ0n) is 24.9. The number of carbonyl (C=O) groups is 2. The van der Waals surface area contributed by atoms with Crippen molar-refractivity contribution in [3.05, 3.63) is 88.9 Å². The third kappa shape index (κ3) is 8.29. The van der Waals surface area contributed by atoms with Crippen LogP contribution in [0.5, 0.6) is 5.75 Å². The molecule has 1 atom stereocenters. The lowest BCUT2D eigenvalue weighted by atomic mass is 10.1. The lowest BCUT2D eigenvalue weighted by molar-refractivity contribution is -0.140. The molecule has 0 unspecified atom stereocenters. The molecule has 3 aromatic carbocycles. The van der Waals surface area contributed by atoms with Crippen LogP contribution in [0.15, 0.2) is 77.7 Å². The number of alkyl halides is 3. The second-order valence-corrected chi connectivity index (χ2v) is 13.0. The van der Waals surface area contributed by atoms with Gasteiger partial charge in [0.15, 0.2) is 0 Å². The van der Waals surface area contributed by atoms with Gasteiger partial charge in [0.05, 0.1) is 28.3 Å². The monoisotopic (exact) mass is 665 g/mol. The number of sulfonamides is 1. The molecular formula is C32H35ClF3N3O5S. The van der Waals surface area contributed by atoms with Crippen molar-refractivity contribution in [3.63, 3.8) is 0 Å². The zero-order valence-corrected chi connectivity index (χ0v) is 26.5. The second kappa shape index (κ2) is 14.6. The number of carbonyl (C=O) groups excluding carboxylic acids is 2. The fraction of sp³-hybridized carbons (Fsp3) is 0.375. The number of rotatable bonds is 12. The largest absolute Gasteiger partial charge is 0.497 e. The minimum Gasteiger partial charge on any atom is -0.497 e. The Balaban J connectivity index is 1.79. The highest BCUT2D eigenvalue weighted by atomic mass is 35.5. The minimum absolute atomic E-state index is 0.0424. The van der Waals surface area contributed by atoms with Crippen molar-refractivity contribution < 1.29 is 35.9 Å². The average Bonchev–Trinajstić information content (AvgIpc) is 3.53. The van der Waals surface area contributed by atoms with Gasteiger partial charge in [-0.05, 0) is 67.3 Å². The molecule has 0 spiro atoms. The Labute approximate surface area is 266 Å². The van der Waals surface area contributed by atoms with E-state index < -0.39 is 51.9 Å². The molecule has 2 amide bonds. The highest BCUT2D eigenvalue weighted by Crippen LogP contribution is 2.37. The van der Waals surface area contributed by atoms with Crippen LogP contribution in [0.25, 0.3) is 0 Å². The molecule has 1 N–H and O–H groups in total. The Hall–Kier alpha value is -3.77. The molecule has 242 valence electrons. The zero-order chi connectivity index (χ0) is 32.8. The predicted octanol–water partition coefficient (Wildman–Crippen LogP) is 6.43. The number of halogens is 4. The summed E-state index contributed by atoms with van der Waals surface area (Å²) in [5, 5.41) is 2.71. The maximum Gasteiger partial charge on any atom is 0.416 e. The molecule has 0 saturated heterocycles. The van der Waals surface area contributed by atoms with Crippen LogP contribution in [0.3, 0.4) is 0 Å². The summed E-state index contributed by atoms with van der Waals surface area (Å²) in [6, 6.07) is 15.1. The second-order valence-electron chi connectivity index (χ2n) is 10.8. The summed E-state index contributed by atoms with van der Waals surface area (Å²) in [6.07, 6.45) is -1.05. The van der Waals surface area contributed by atoms with Crippen molar-refractivity contribution >= 4 is 39.1 Å². The minimum atomic E-state index is -4.81. The van der Waals surface area contributed by atoms with Gasteiger partial charge in [0.2, 0.25) is 11.8 Å². The average molecular weight is 666 g/mol. The Bertz CT molecular complexity index is 1600. The van der Waals surface area contributed by atoms with E-state index >= 15 is 0 Å². The van der Waals surface area contributed by atoms with Gasteiger partial charge in [-0.25, -0.2) is 8.42 Å². The van der Waals surface area contributed by atoms with E-state index in [0.29, 0.717) is 21.7 Å². The van der Waals surface area contributed by atoms with Gasteiger partial charge < -0.3 is 15.0 Å². The van der Waals surface area contributed by atoms with E-state index in [1.165, 1.54) is 36.3 Å². The Morgan fingerprint density at radius 2 is 1.71 bits per heavy atom. The predicted molar refractivity (Wildman–Crippen MR) is 165 cm³/mol.